The van der Waals surface area contributed by atoms with Gasteiger partial charge in [0.05, 0.1) is 13.7 Å². The lowest BCUT2D eigenvalue weighted by Gasteiger charge is -2.29. The average Bonchev–Trinajstić information content (AvgIpc) is 2.52. The van der Waals surface area contributed by atoms with Gasteiger partial charge in [0.15, 0.2) is 0 Å². The molecule has 0 fully saturated rings. The number of hydrogen-bond donors (Lipinski definition) is 2. The Hall–Kier alpha value is -2.77. The van der Waals surface area contributed by atoms with Crippen molar-refractivity contribution < 1.29 is 23.9 Å². The number of methoxy groups -OCH3 is 1. The molecule has 0 aliphatic carbocycles. The molecule has 0 bridgehead atoms. The van der Waals surface area contributed by atoms with E-state index in [0.29, 0.717) is 0 Å². The molecule has 0 aliphatic rings. The summed E-state index contributed by atoms with van der Waals surface area (Å²) in [6.07, 6.45) is -0.703. The van der Waals surface area contributed by atoms with Gasteiger partial charge in [0, 0.05) is 6.54 Å². The van der Waals surface area contributed by atoms with Gasteiger partial charge in [-0.3, -0.25) is 0 Å². The van der Waals surface area contributed by atoms with Crippen LogP contribution in [0.3, 0.4) is 0 Å². The minimum Gasteiger partial charge on any atom is -0.467 e. The highest BCUT2D eigenvalue weighted by Crippen LogP contribution is 2.10. The second kappa shape index (κ2) is 8.91. The van der Waals surface area contributed by atoms with E-state index < -0.39 is 29.7 Å². The second-order valence-corrected chi connectivity index (χ2v) is 6.37. The van der Waals surface area contributed by atoms with Crippen molar-refractivity contribution in [2.45, 2.75) is 39.0 Å². The first-order chi connectivity index (χ1) is 11.6. The second-order valence-electron chi connectivity index (χ2n) is 6.37. The molecule has 0 radical (unpaired) electrons. The van der Waals surface area contributed by atoms with E-state index in [4.69, 9.17) is 15.2 Å². The summed E-state index contributed by atoms with van der Waals surface area (Å²) in [7, 11) is 1.20. The lowest BCUT2D eigenvalue weighted by Crippen LogP contribution is -2.53. The maximum absolute atomic E-state index is 12.1. The molecule has 0 unspecified atom stereocenters. The third-order valence-electron chi connectivity index (χ3n) is 3.17. The molecular formula is C17H25N3O5. The fourth-order valence-electron chi connectivity index (χ4n) is 2.07. The molecule has 1 rings (SSSR count). The topological polar surface area (TPSA) is 111 Å². The van der Waals surface area contributed by atoms with Crippen molar-refractivity contribution >= 4 is 18.1 Å². The zero-order chi connectivity index (χ0) is 19.0. The van der Waals surface area contributed by atoms with E-state index >= 15 is 0 Å². The quantitative estimate of drug-likeness (QED) is 0.757. The van der Waals surface area contributed by atoms with E-state index in [-0.39, 0.29) is 13.1 Å². The average molecular weight is 351 g/mol. The summed E-state index contributed by atoms with van der Waals surface area (Å²) in [6.45, 7) is 5.07. The Morgan fingerprint density at radius 3 is 2.28 bits per heavy atom. The highest BCUT2D eigenvalue weighted by molar-refractivity contribution is 5.83. The highest BCUT2D eigenvalue weighted by Gasteiger charge is 2.30. The van der Waals surface area contributed by atoms with Gasteiger partial charge in [-0.05, 0) is 26.3 Å². The first-order valence-electron chi connectivity index (χ1n) is 7.78. The first kappa shape index (κ1) is 20.3. The third kappa shape index (κ3) is 7.11. The normalized spacial score (nSPS) is 12.0. The zero-order valence-electron chi connectivity index (χ0n) is 14.9. The summed E-state index contributed by atoms with van der Waals surface area (Å²) in [5.41, 5.74) is 5.52. The van der Waals surface area contributed by atoms with Crippen molar-refractivity contribution in [1.82, 2.24) is 10.2 Å². The fourth-order valence-corrected chi connectivity index (χ4v) is 2.07. The number of primary amides is 1. The molecule has 0 heterocycles. The van der Waals surface area contributed by atoms with Crippen LogP contribution < -0.4 is 11.1 Å². The van der Waals surface area contributed by atoms with Gasteiger partial charge in [0.25, 0.3) is 0 Å². The van der Waals surface area contributed by atoms with E-state index in [0.717, 1.165) is 10.5 Å². The number of nitrogens with zero attached hydrogens (tertiary/aromatic N) is 1. The number of nitrogens with two attached hydrogens (primary N) is 1. The van der Waals surface area contributed by atoms with Gasteiger partial charge in [-0.25, -0.2) is 14.4 Å². The molecule has 8 nitrogen and oxygen atoms in total. The highest BCUT2D eigenvalue weighted by atomic mass is 16.6. The molecule has 3 amide bonds. The van der Waals surface area contributed by atoms with Crippen LogP contribution in [0.4, 0.5) is 9.59 Å². The molecular weight excluding hydrogens is 326 g/mol. The van der Waals surface area contributed by atoms with E-state index in [9.17, 15) is 14.4 Å². The Morgan fingerprint density at radius 1 is 1.20 bits per heavy atom. The van der Waals surface area contributed by atoms with Crippen LogP contribution in [0.25, 0.3) is 0 Å². The first-order valence-corrected chi connectivity index (χ1v) is 7.78. The molecule has 25 heavy (non-hydrogen) atoms. The molecule has 0 aliphatic heterocycles. The van der Waals surface area contributed by atoms with Crippen molar-refractivity contribution in [2.75, 3.05) is 13.7 Å². The molecule has 0 spiro atoms. The number of carbonyl (C=O) groups excluding carboxylic acids is 3. The molecule has 0 saturated carbocycles. The predicted octanol–water partition coefficient (Wildman–Crippen LogP) is 1.63. The van der Waals surface area contributed by atoms with Gasteiger partial charge in [0.1, 0.15) is 11.6 Å². The van der Waals surface area contributed by atoms with Gasteiger partial charge in [-0.1, -0.05) is 30.3 Å². The maximum atomic E-state index is 12.1. The zero-order valence-corrected chi connectivity index (χ0v) is 14.9. The SMILES string of the molecule is COC(=O)[C@H](CNC(=O)OC(C)(C)C)N(Cc1ccccc1)C(N)=O. The number of amides is 3. The largest absolute Gasteiger partial charge is 0.467 e. The smallest absolute Gasteiger partial charge is 0.407 e. The van der Waals surface area contributed by atoms with Crippen LogP contribution in [0.1, 0.15) is 26.3 Å². The van der Waals surface area contributed by atoms with Gasteiger partial charge in [-0.2, -0.15) is 0 Å². The molecule has 3 N–H and O–H groups in total. The summed E-state index contributed by atoms with van der Waals surface area (Å²) >= 11 is 0. The van der Waals surface area contributed by atoms with Crippen LogP contribution in [-0.2, 0) is 20.8 Å². The summed E-state index contributed by atoms with van der Waals surface area (Å²) in [5, 5.41) is 2.46. The minimum atomic E-state index is -1.07. The molecule has 1 atom stereocenters. The lowest BCUT2D eigenvalue weighted by atomic mass is 10.1. The van der Waals surface area contributed by atoms with Crippen LogP contribution >= 0.6 is 0 Å². The summed E-state index contributed by atoms with van der Waals surface area (Å²) in [6, 6.07) is 7.17. The Balaban J connectivity index is 2.88. The van der Waals surface area contributed by atoms with Crippen molar-refractivity contribution in [3.63, 3.8) is 0 Å². The van der Waals surface area contributed by atoms with Crippen molar-refractivity contribution in [1.29, 1.82) is 0 Å². The predicted molar refractivity (Wildman–Crippen MR) is 91.6 cm³/mol. The molecule has 8 heteroatoms. The van der Waals surface area contributed by atoms with Gasteiger partial charge in [0.2, 0.25) is 0 Å². The fraction of sp³-hybridized carbons (Fsp3) is 0.471. The van der Waals surface area contributed by atoms with Gasteiger partial charge < -0.3 is 25.4 Å². The maximum Gasteiger partial charge on any atom is 0.407 e. The molecule has 1 aromatic rings. The van der Waals surface area contributed by atoms with Crippen LogP contribution in [0, 0.1) is 0 Å². The molecule has 0 aromatic heterocycles. The molecule has 1 aromatic carbocycles. The van der Waals surface area contributed by atoms with Crippen LogP contribution in [0.2, 0.25) is 0 Å². The molecule has 138 valence electrons. The Bertz CT molecular complexity index is 598. The van der Waals surface area contributed by atoms with Crippen LogP contribution in [0.5, 0.6) is 0 Å². The van der Waals surface area contributed by atoms with Crippen molar-refractivity contribution in [3.05, 3.63) is 35.9 Å². The van der Waals surface area contributed by atoms with Crippen LogP contribution in [-0.4, -0.2) is 48.3 Å². The number of benzene rings is 1. The van der Waals surface area contributed by atoms with Crippen molar-refractivity contribution in [3.8, 4) is 0 Å². The Labute approximate surface area is 147 Å². The number of ether oxygens (including phenoxy) is 2. The minimum absolute atomic E-state index is 0.103. The number of rotatable bonds is 6. The Kier molecular flexibility index (Phi) is 7.22. The van der Waals surface area contributed by atoms with E-state index in [1.54, 1.807) is 45.0 Å². The number of alkyl carbamates (subject to hydrolysis) is 1. The van der Waals surface area contributed by atoms with E-state index in [1.807, 2.05) is 6.07 Å². The number of carbonyl (C=O) groups is 3. The Morgan fingerprint density at radius 2 is 1.80 bits per heavy atom. The lowest BCUT2D eigenvalue weighted by molar-refractivity contribution is -0.145. The van der Waals surface area contributed by atoms with E-state index in [1.165, 1.54) is 7.11 Å². The van der Waals surface area contributed by atoms with E-state index in [2.05, 4.69) is 5.32 Å². The summed E-state index contributed by atoms with van der Waals surface area (Å²) < 4.78 is 9.86. The number of esters is 1. The van der Waals surface area contributed by atoms with Crippen LogP contribution in [0.15, 0.2) is 30.3 Å². The van der Waals surface area contributed by atoms with Gasteiger partial charge >= 0.3 is 18.1 Å². The molecule has 0 saturated heterocycles. The monoisotopic (exact) mass is 351 g/mol. The van der Waals surface area contributed by atoms with Crippen molar-refractivity contribution in [2.24, 2.45) is 5.73 Å². The number of urea groups is 1. The number of nitrogens with one attached hydrogen (secondary N) is 1. The van der Waals surface area contributed by atoms with Gasteiger partial charge in [-0.15, -0.1) is 0 Å². The number of hydrogen-bond acceptors (Lipinski definition) is 5. The summed E-state index contributed by atoms with van der Waals surface area (Å²) in [4.78, 5) is 36.9. The summed E-state index contributed by atoms with van der Waals surface area (Å²) in [5.74, 6) is -0.689. The third-order valence-corrected chi connectivity index (χ3v) is 3.17. The standard InChI is InChI=1S/C17H25N3O5/c1-17(2,3)25-16(23)19-10-13(14(21)24-4)20(15(18)22)11-12-8-6-5-7-9-12/h5-9,13H,10-11H2,1-4H3,(H2,18,22)(H,19,23)/t13-/m0/s1.